The monoisotopic (exact) mass is 452 g/mol. The lowest BCUT2D eigenvalue weighted by Gasteiger charge is -2.24. The van der Waals surface area contributed by atoms with E-state index in [1.807, 2.05) is 55.5 Å². The third kappa shape index (κ3) is 5.60. The smallest absolute Gasteiger partial charge is 0.234 e. The van der Waals surface area contributed by atoms with E-state index in [-0.39, 0.29) is 18.5 Å². The lowest BCUT2D eigenvalue weighted by Crippen LogP contribution is -2.37. The lowest BCUT2D eigenvalue weighted by molar-refractivity contribution is -0.123. The number of hydrogen-bond donors (Lipinski definition) is 1. The molecule has 0 saturated heterocycles. The van der Waals surface area contributed by atoms with Crippen molar-refractivity contribution in [2.75, 3.05) is 26.9 Å². The van der Waals surface area contributed by atoms with E-state index in [2.05, 4.69) is 21.7 Å². The van der Waals surface area contributed by atoms with Crippen LogP contribution in [0.5, 0.6) is 17.2 Å². The number of hydrogen-bond acceptors (Lipinski definition) is 6. The first-order chi connectivity index (χ1) is 15.6. The van der Waals surface area contributed by atoms with E-state index in [9.17, 15) is 4.79 Å². The standard InChI is InChI=1S/C25H28N2O4S/c1-18(19-9-10-23-24(14-19)31-12-11-30-23)26-25(28)17-27(16-21-7-5-13-32-21)15-20-6-3-4-8-22(20)29-2/h3-10,13-14,18H,11-12,15-17H2,1-2H3,(H,26,28). The van der Waals surface area contributed by atoms with Crippen molar-refractivity contribution in [3.63, 3.8) is 0 Å². The number of para-hydroxylation sites is 1. The Labute approximate surface area is 192 Å². The minimum atomic E-state index is -0.145. The van der Waals surface area contributed by atoms with Gasteiger partial charge in [0.05, 0.1) is 19.7 Å². The summed E-state index contributed by atoms with van der Waals surface area (Å²) in [6.07, 6.45) is 0. The molecular formula is C25H28N2O4S. The lowest BCUT2D eigenvalue weighted by atomic mass is 10.1. The molecule has 4 rings (SSSR count). The third-order valence-corrected chi connectivity index (χ3v) is 6.22. The van der Waals surface area contributed by atoms with Gasteiger partial charge in [0, 0.05) is 23.5 Å². The molecule has 0 saturated carbocycles. The van der Waals surface area contributed by atoms with Crippen LogP contribution in [0, 0.1) is 0 Å². The second-order valence-electron chi connectivity index (χ2n) is 7.73. The molecule has 0 fully saturated rings. The summed E-state index contributed by atoms with van der Waals surface area (Å²) in [6, 6.07) is 17.7. The Hall–Kier alpha value is -3.03. The molecular weight excluding hydrogens is 424 g/mol. The number of carbonyl (C=O) groups is 1. The summed E-state index contributed by atoms with van der Waals surface area (Å²) in [4.78, 5) is 16.3. The van der Waals surface area contributed by atoms with Gasteiger partial charge in [-0.3, -0.25) is 9.69 Å². The Balaban J connectivity index is 1.43. The van der Waals surface area contributed by atoms with Gasteiger partial charge in [-0.1, -0.05) is 30.3 Å². The molecule has 1 unspecified atom stereocenters. The van der Waals surface area contributed by atoms with Gasteiger partial charge in [-0.15, -0.1) is 11.3 Å². The van der Waals surface area contributed by atoms with Gasteiger partial charge < -0.3 is 19.5 Å². The van der Waals surface area contributed by atoms with E-state index >= 15 is 0 Å². The largest absolute Gasteiger partial charge is 0.496 e. The average molecular weight is 453 g/mol. The zero-order valence-electron chi connectivity index (χ0n) is 18.4. The molecule has 168 valence electrons. The van der Waals surface area contributed by atoms with Crippen molar-refractivity contribution in [3.8, 4) is 17.2 Å². The van der Waals surface area contributed by atoms with Gasteiger partial charge in [-0.25, -0.2) is 0 Å². The predicted molar refractivity (Wildman–Crippen MR) is 125 cm³/mol. The van der Waals surface area contributed by atoms with Gasteiger partial charge >= 0.3 is 0 Å². The molecule has 1 aromatic heterocycles. The molecule has 32 heavy (non-hydrogen) atoms. The molecule has 1 N–H and O–H groups in total. The van der Waals surface area contributed by atoms with Crippen molar-refractivity contribution in [1.29, 1.82) is 0 Å². The highest BCUT2D eigenvalue weighted by molar-refractivity contribution is 7.09. The van der Waals surface area contributed by atoms with Crippen molar-refractivity contribution < 1.29 is 19.0 Å². The van der Waals surface area contributed by atoms with Crippen molar-refractivity contribution in [3.05, 3.63) is 76.0 Å². The first kappa shape index (κ1) is 22.2. The quantitative estimate of drug-likeness (QED) is 0.521. The second kappa shape index (κ2) is 10.5. The fourth-order valence-electron chi connectivity index (χ4n) is 3.77. The normalized spacial score (nSPS) is 13.6. The average Bonchev–Trinajstić information content (AvgIpc) is 3.32. The molecule has 0 aliphatic carbocycles. The summed E-state index contributed by atoms with van der Waals surface area (Å²) in [5.41, 5.74) is 2.04. The highest BCUT2D eigenvalue weighted by Gasteiger charge is 2.19. The predicted octanol–water partition coefficient (Wildman–Crippen LogP) is 4.41. The zero-order valence-corrected chi connectivity index (χ0v) is 19.2. The minimum Gasteiger partial charge on any atom is -0.496 e. The van der Waals surface area contributed by atoms with Gasteiger partial charge in [0.15, 0.2) is 11.5 Å². The Morgan fingerprint density at radius 1 is 1.09 bits per heavy atom. The minimum absolute atomic E-state index is 0.0288. The first-order valence-corrected chi connectivity index (χ1v) is 11.6. The Morgan fingerprint density at radius 2 is 1.91 bits per heavy atom. The number of rotatable bonds is 9. The van der Waals surface area contributed by atoms with E-state index < -0.39 is 0 Å². The van der Waals surface area contributed by atoms with Crippen LogP contribution in [0.25, 0.3) is 0 Å². The first-order valence-electron chi connectivity index (χ1n) is 10.7. The van der Waals surface area contributed by atoms with Crippen LogP contribution in [0.1, 0.15) is 29.0 Å². The maximum absolute atomic E-state index is 13.0. The van der Waals surface area contributed by atoms with Crippen molar-refractivity contribution in [2.45, 2.75) is 26.1 Å². The Bertz CT molecular complexity index is 1040. The van der Waals surface area contributed by atoms with Crippen molar-refractivity contribution in [1.82, 2.24) is 10.2 Å². The fraction of sp³-hybridized carbons (Fsp3) is 0.320. The molecule has 1 amide bonds. The summed E-state index contributed by atoms with van der Waals surface area (Å²) in [5.74, 6) is 2.27. The van der Waals surface area contributed by atoms with Crippen molar-refractivity contribution >= 4 is 17.2 Å². The molecule has 0 radical (unpaired) electrons. The highest BCUT2D eigenvalue weighted by atomic mass is 32.1. The summed E-state index contributed by atoms with van der Waals surface area (Å²) in [6.45, 7) is 4.68. The molecule has 1 atom stereocenters. The summed E-state index contributed by atoms with van der Waals surface area (Å²) < 4.78 is 16.8. The topological polar surface area (TPSA) is 60.0 Å². The maximum atomic E-state index is 13.0. The number of benzene rings is 2. The van der Waals surface area contributed by atoms with Gasteiger partial charge in [0.25, 0.3) is 0 Å². The molecule has 3 aromatic rings. The van der Waals surface area contributed by atoms with E-state index in [4.69, 9.17) is 14.2 Å². The van der Waals surface area contributed by atoms with Crippen LogP contribution in [0.3, 0.4) is 0 Å². The number of thiophene rings is 1. The van der Waals surface area contributed by atoms with E-state index in [0.29, 0.717) is 26.3 Å². The zero-order chi connectivity index (χ0) is 22.3. The van der Waals surface area contributed by atoms with Crippen LogP contribution in [-0.2, 0) is 17.9 Å². The molecule has 1 aliphatic rings. The number of methoxy groups -OCH3 is 1. The molecule has 1 aliphatic heterocycles. The second-order valence-corrected chi connectivity index (χ2v) is 8.76. The molecule has 2 aromatic carbocycles. The Kier molecular flexibility index (Phi) is 7.29. The number of nitrogens with one attached hydrogen (secondary N) is 1. The van der Waals surface area contributed by atoms with Crippen LogP contribution in [-0.4, -0.2) is 37.7 Å². The van der Waals surface area contributed by atoms with E-state index in [1.54, 1.807) is 18.4 Å². The van der Waals surface area contributed by atoms with Crippen LogP contribution < -0.4 is 19.5 Å². The van der Waals surface area contributed by atoms with E-state index in [1.165, 1.54) is 4.88 Å². The number of ether oxygens (including phenoxy) is 3. The number of amides is 1. The van der Waals surface area contributed by atoms with Crippen LogP contribution in [0.4, 0.5) is 0 Å². The van der Waals surface area contributed by atoms with Gasteiger partial charge in [-0.2, -0.15) is 0 Å². The fourth-order valence-corrected chi connectivity index (χ4v) is 4.51. The van der Waals surface area contributed by atoms with Gasteiger partial charge in [0.1, 0.15) is 19.0 Å². The van der Waals surface area contributed by atoms with Crippen LogP contribution in [0.2, 0.25) is 0 Å². The summed E-state index contributed by atoms with van der Waals surface area (Å²) in [7, 11) is 1.67. The van der Waals surface area contributed by atoms with Crippen molar-refractivity contribution in [2.24, 2.45) is 0 Å². The molecule has 7 heteroatoms. The number of carbonyl (C=O) groups excluding carboxylic acids is 1. The number of nitrogens with zero attached hydrogens (tertiary/aromatic N) is 1. The summed E-state index contributed by atoms with van der Waals surface area (Å²) >= 11 is 1.69. The summed E-state index contributed by atoms with van der Waals surface area (Å²) in [5, 5.41) is 5.18. The Morgan fingerprint density at radius 3 is 2.69 bits per heavy atom. The van der Waals surface area contributed by atoms with Crippen LogP contribution >= 0.6 is 11.3 Å². The van der Waals surface area contributed by atoms with E-state index in [0.717, 1.165) is 28.4 Å². The highest BCUT2D eigenvalue weighted by Crippen LogP contribution is 2.32. The molecule has 0 bridgehead atoms. The molecule has 0 spiro atoms. The SMILES string of the molecule is COc1ccccc1CN(CC(=O)NC(C)c1ccc2c(c1)OCCO2)Cc1cccs1. The molecule has 6 nitrogen and oxygen atoms in total. The number of fused-ring (bicyclic) bond motifs is 1. The maximum Gasteiger partial charge on any atom is 0.234 e. The molecule has 2 heterocycles. The van der Waals surface area contributed by atoms with Crippen LogP contribution in [0.15, 0.2) is 60.0 Å². The van der Waals surface area contributed by atoms with Gasteiger partial charge in [-0.05, 0) is 42.1 Å². The third-order valence-electron chi connectivity index (χ3n) is 5.36. The van der Waals surface area contributed by atoms with Gasteiger partial charge in [0.2, 0.25) is 5.91 Å².